The standard InChI is InChI=1S/C16H24N2O/c1-4-18(11-12(2)3)16(19)15-10-9-13-7-5-6-8-14(13)17-15/h5-8,12,15,17H,4,9-11H2,1-3H3. The third-order valence-electron chi connectivity index (χ3n) is 3.63. The van der Waals surface area contributed by atoms with E-state index in [9.17, 15) is 4.79 Å². The zero-order chi connectivity index (χ0) is 13.8. The van der Waals surface area contributed by atoms with E-state index in [2.05, 4.69) is 44.3 Å². The van der Waals surface area contributed by atoms with Crippen molar-refractivity contribution in [2.45, 2.75) is 39.7 Å². The predicted octanol–water partition coefficient (Wildman–Crippen LogP) is 2.92. The Balaban J connectivity index is 2.05. The van der Waals surface area contributed by atoms with Crippen molar-refractivity contribution in [3.8, 4) is 0 Å². The summed E-state index contributed by atoms with van der Waals surface area (Å²) in [5, 5.41) is 3.39. The van der Waals surface area contributed by atoms with Crippen LogP contribution in [0, 0.1) is 5.92 Å². The number of para-hydroxylation sites is 1. The van der Waals surface area contributed by atoms with Gasteiger partial charge in [-0.05, 0) is 37.3 Å². The van der Waals surface area contributed by atoms with E-state index < -0.39 is 0 Å². The van der Waals surface area contributed by atoms with Gasteiger partial charge in [0.2, 0.25) is 5.91 Å². The summed E-state index contributed by atoms with van der Waals surface area (Å²) in [6, 6.07) is 8.21. The van der Waals surface area contributed by atoms with E-state index in [1.807, 2.05) is 11.0 Å². The maximum Gasteiger partial charge on any atom is 0.245 e. The Morgan fingerprint density at radius 1 is 1.42 bits per heavy atom. The quantitative estimate of drug-likeness (QED) is 0.902. The molecule has 0 saturated carbocycles. The van der Waals surface area contributed by atoms with Gasteiger partial charge in [0, 0.05) is 18.8 Å². The molecule has 19 heavy (non-hydrogen) atoms. The summed E-state index contributed by atoms with van der Waals surface area (Å²) < 4.78 is 0. The van der Waals surface area contributed by atoms with Crippen LogP contribution < -0.4 is 5.32 Å². The van der Waals surface area contributed by atoms with Gasteiger partial charge in [0.25, 0.3) is 0 Å². The van der Waals surface area contributed by atoms with Crippen LogP contribution in [0.1, 0.15) is 32.8 Å². The number of nitrogens with zero attached hydrogens (tertiary/aromatic N) is 1. The molecule has 1 aromatic rings. The van der Waals surface area contributed by atoms with Gasteiger partial charge in [-0.3, -0.25) is 4.79 Å². The van der Waals surface area contributed by atoms with E-state index in [1.165, 1.54) is 5.56 Å². The number of nitrogens with one attached hydrogen (secondary N) is 1. The molecule has 0 radical (unpaired) electrons. The molecule has 0 aliphatic carbocycles. The monoisotopic (exact) mass is 260 g/mol. The lowest BCUT2D eigenvalue weighted by molar-refractivity contribution is -0.132. The Hall–Kier alpha value is -1.51. The molecule has 1 atom stereocenters. The van der Waals surface area contributed by atoms with Gasteiger partial charge in [0.15, 0.2) is 0 Å². The molecular weight excluding hydrogens is 236 g/mol. The number of hydrogen-bond acceptors (Lipinski definition) is 2. The highest BCUT2D eigenvalue weighted by Crippen LogP contribution is 2.25. The van der Waals surface area contributed by atoms with Gasteiger partial charge in [-0.2, -0.15) is 0 Å². The van der Waals surface area contributed by atoms with Crippen molar-refractivity contribution in [1.29, 1.82) is 0 Å². The first-order chi connectivity index (χ1) is 9.11. The fourth-order valence-corrected chi connectivity index (χ4v) is 2.66. The zero-order valence-corrected chi connectivity index (χ0v) is 12.1. The molecule has 1 unspecified atom stereocenters. The van der Waals surface area contributed by atoms with Gasteiger partial charge < -0.3 is 10.2 Å². The lowest BCUT2D eigenvalue weighted by atomic mass is 9.97. The molecule has 0 spiro atoms. The van der Waals surface area contributed by atoms with Crippen LogP contribution in [0.2, 0.25) is 0 Å². The van der Waals surface area contributed by atoms with Crippen molar-refractivity contribution < 1.29 is 4.79 Å². The molecule has 0 saturated heterocycles. The molecule has 1 aliphatic rings. The van der Waals surface area contributed by atoms with E-state index in [1.54, 1.807) is 0 Å². The van der Waals surface area contributed by atoms with Crippen molar-refractivity contribution in [3.63, 3.8) is 0 Å². The number of fused-ring (bicyclic) bond motifs is 1. The highest BCUT2D eigenvalue weighted by molar-refractivity contribution is 5.85. The summed E-state index contributed by atoms with van der Waals surface area (Å²) in [5.41, 5.74) is 2.44. The summed E-state index contributed by atoms with van der Waals surface area (Å²) in [5.74, 6) is 0.755. The van der Waals surface area contributed by atoms with E-state index in [0.717, 1.165) is 31.6 Å². The predicted molar refractivity (Wildman–Crippen MR) is 79.3 cm³/mol. The van der Waals surface area contributed by atoms with Crippen LogP contribution in [0.4, 0.5) is 5.69 Å². The van der Waals surface area contributed by atoms with Crippen LogP contribution >= 0.6 is 0 Å². The number of rotatable bonds is 4. The minimum atomic E-state index is -0.0615. The van der Waals surface area contributed by atoms with Crippen molar-refractivity contribution in [3.05, 3.63) is 29.8 Å². The minimum Gasteiger partial charge on any atom is -0.373 e. The number of carbonyl (C=O) groups is 1. The van der Waals surface area contributed by atoms with E-state index in [4.69, 9.17) is 0 Å². The van der Waals surface area contributed by atoms with Gasteiger partial charge in [0.05, 0.1) is 0 Å². The third kappa shape index (κ3) is 3.28. The van der Waals surface area contributed by atoms with E-state index in [0.29, 0.717) is 5.92 Å². The summed E-state index contributed by atoms with van der Waals surface area (Å²) in [7, 11) is 0. The number of carbonyl (C=O) groups excluding carboxylic acids is 1. The largest absolute Gasteiger partial charge is 0.373 e. The van der Waals surface area contributed by atoms with Crippen molar-refractivity contribution in [1.82, 2.24) is 4.90 Å². The van der Waals surface area contributed by atoms with Gasteiger partial charge in [-0.15, -0.1) is 0 Å². The summed E-state index contributed by atoms with van der Waals surface area (Å²) in [4.78, 5) is 14.5. The number of likely N-dealkylation sites (N-methyl/N-ethyl adjacent to an activating group) is 1. The van der Waals surface area contributed by atoms with Crippen LogP contribution in [0.5, 0.6) is 0 Å². The maximum absolute atomic E-state index is 12.5. The topological polar surface area (TPSA) is 32.3 Å². The lowest BCUT2D eigenvalue weighted by Crippen LogP contribution is -2.45. The molecule has 0 bridgehead atoms. The van der Waals surface area contributed by atoms with Crippen molar-refractivity contribution >= 4 is 11.6 Å². The first-order valence-corrected chi connectivity index (χ1v) is 7.25. The highest BCUT2D eigenvalue weighted by Gasteiger charge is 2.27. The molecule has 3 nitrogen and oxygen atoms in total. The number of benzene rings is 1. The van der Waals surface area contributed by atoms with E-state index in [-0.39, 0.29) is 11.9 Å². The van der Waals surface area contributed by atoms with Crippen LogP contribution in [-0.4, -0.2) is 29.9 Å². The molecule has 1 heterocycles. The minimum absolute atomic E-state index is 0.0615. The Labute approximate surface area is 116 Å². The molecular formula is C16H24N2O. The van der Waals surface area contributed by atoms with Crippen molar-refractivity contribution in [2.75, 3.05) is 18.4 Å². The lowest BCUT2D eigenvalue weighted by Gasteiger charge is -2.31. The second-order valence-electron chi connectivity index (χ2n) is 5.66. The summed E-state index contributed by atoms with van der Waals surface area (Å²) >= 11 is 0. The third-order valence-corrected chi connectivity index (χ3v) is 3.63. The SMILES string of the molecule is CCN(CC(C)C)C(=O)C1CCc2ccccc2N1. The average molecular weight is 260 g/mol. The maximum atomic E-state index is 12.5. The second kappa shape index (κ2) is 6.09. The number of anilines is 1. The fourth-order valence-electron chi connectivity index (χ4n) is 2.66. The van der Waals surface area contributed by atoms with Crippen molar-refractivity contribution in [2.24, 2.45) is 5.92 Å². The summed E-state index contributed by atoms with van der Waals surface area (Å²) in [6.45, 7) is 7.99. The van der Waals surface area contributed by atoms with Crippen LogP contribution in [0.15, 0.2) is 24.3 Å². The molecule has 2 rings (SSSR count). The first-order valence-electron chi connectivity index (χ1n) is 7.25. The second-order valence-corrected chi connectivity index (χ2v) is 5.66. The highest BCUT2D eigenvalue weighted by atomic mass is 16.2. The normalized spacial score (nSPS) is 17.8. The number of aryl methyl sites for hydroxylation is 1. The summed E-state index contributed by atoms with van der Waals surface area (Å²) in [6.07, 6.45) is 1.88. The van der Waals surface area contributed by atoms with Gasteiger partial charge in [0.1, 0.15) is 6.04 Å². The average Bonchev–Trinajstić information content (AvgIpc) is 2.43. The smallest absolute Gasteiger partial charge is 0.245 e. The fraction of sp³-hybridized carbons (Fsp3) is 0.562. The Bertz CT molecular complexity index is 442. The Kier molecular flexibility index (Phi) is 4.46. The van der Waals surface area contributed by atoms with Crippen LogP contribution in [0.3, 0.4) is 0 Å². The van der Waals surface area contributed by atoms with Gasteiger partial charge >= 0.3 is 0 Å². The molecule has 1 amide bonds. The molecule has 1 N–H and O–H groups in total. The van der Waals surface area contributed by atoms with Crippen LogP contribution in [-0.2, 0) is 11.2 Å². The van der Waals surface area contributed by atoms with Gasteiger partial charge in [-0.25, -0.2) is 0 Å². The zero-order valence-electron chi connectivity index (χ0n) is 12.1. The molecule has 0 fully saturated rings. The number of amides is 1. The Morgan fingerprint density at radius 2 is 2.16 bits per heavy atom. The van der Waals surface area contributed by atoms with Gasteiger partial charge in [-0.1, -0.05) is 32.0 Å². The number of hydrogen-bond donors (Lipinski definition) is 1. The molecule has 104 valence electrons. The first kappa shape index (κ1) is 13.9. The Morgan fingerprint density at radius 3 is 2.84 bits per heavy atom. The van der Waals surface area contributed by atoms with Crippen LogP contribution in [0.25, 0.3) is 0 Å². The van der Waals surface area contributed by atoms with E-state index >= 15 is 0 Å². The molecule has 1 aromatic carbocycles. The molecule has 1 aliphatic heterocycles. The molecule has 3 heteroatoms. The molecule has 0 aromatic heterocycles.